The molecule has 0 saturated heterocycles. The molecule has 0 spiro atoms. The third kappa shape index (κ3) is 5.64. The van der Waals surface area contributed by atoms with Gasteiger partial charge in [-0.3, -0.25) is 0 Å². The quantitative estimate of drug-likeness (QED) is 0.505. The second-order valence-corrected chi connectivity index (χ2v) is 2.29. The molecule has 0 unspecified atom stereocenters. The number of ether oxygens (including phenoxy) is 1. The highest BCUT2D eigenvalue weighted by atomic mass is 16.6. The van der Waals surface area contributed by atoms with Gasteiger partial charge in [0, 0.05) is 6.42 Å². The number of nitrogens with zero attached hydrogens (tertiary/aromatic N) is 1. The predicted molar refractivity (Wildman–Crippen MR) is 43.6 cm³/mol. The number of carbonyl (C=O) groups excluding carboxylic acids is 1. The fraction of sp³-hybridized carbons (Fsp3) is 0.857. The summed E-state index contributed by atoms with van der Waals surface area (Å²) in [6, 6.07) is 0. The van der Waals surface area contributed by atoms with Gasteiger partial charge in [0.2, 0.25) is 6.54 Å². The summed E-state index contributed by atoms with van der Waals surface area (Å²) in [6.45, 7) is 4.22. The van der Waals surface area contributed by atoms with Crippen LogP contribution < -0.4 is 5.43 Å². The van der Waals surface area contributed by atoms with Gasteiger partial charge < -0.3 is 4.74 Å². The second-order valence-electron chi connectivity index (χ2n) is 2.29. The van der Waals surface area contributed by atoms with Crippen LogP contribution >= 0.6 is 0 Å². The first-order chi connectivity index (χ1) is 5.70. The molecule has 0 aliphatic heterocycles. The monoisotopic (exact) mass is 175 g/mol. The summed E-state index contributed by atoms with van der Waals surface area (Å²) in [7, 11) is 0. The third-order valence-electron chi connectivity index (χ3n) is 1.21. The first-order valence-electron chi connectivity index (χ1n) is 4.08. The molecule has 0 fully saturated rings. The number of hydrazine groups is 1. The zero-order valence-corrected chi connectivity index (χ0v) is 7.50. The molecule has 12 heavy (non-hydrogen) atoms. The number of hydrogen-bond acceptors (Lipinski definition) is 3. The van der Waals surface area contributed by atoms with Gasteiger partial charge in [0.1, 0.15) is 4.87 Å². The van der Waals surface area contributed by atoms with Crippen molar-refractivity contribution < 1.29 is 14.4 Å². The van der Waals surface area contributed by atoms with E-state index in [-0.39, 0.29) is 6.61 Å². The smallest absolute Gasteiger partial charge is 0.446 e. The molecule has 0 heterocycles. The molecule has 1 amide bonds. The van der Waals surface area contributed by atoms with Crippen molar-refractivity contribution in [2.45, 2.75) is 26.7 Å². The van der Waals surface area contributed by atoms with Crippen molar-refractivity contribution in [1.29, 1.82) is 0 Å². The number of nitrogens with one attached hydrogen (secondary N) is 1. The van der Waals surface area contributed by atoms with Gasteiger partial charge in [0.25, 0.3) is 0 Å². The molecule has 0 aliphatic rings. The van der Waals surface area contributed by atoms with E-state index in [1.54, 1.807) is 6.92 Å². The van der Waals surface area contributed by atoms with Crippen molar-refractivity contribution >= 4 is 6.09 Å². The lowest BCUT2D eigenvalue weighted by atomic mass is 10.3. The van der Waals surface area contributed by atoms with Crippen LogP contribution in [-0.2, 0) is 4.74 Å². The minimum atomic E-state index is -0.691. The minimum absolute atomic E-state index is 0.271. The highest BCUT2D eigenvalue weighted by Gasteiger charge is 2.12. The first-order valence-corrected chi connectivity index (χ1v) is 4.08. The lowest BCUT2D eigenvalue weighted by Crippen LogP contribution is -2.34. The molecule has 70 valence electrons. The highest BCUT2D eigenvalue weighted by molar-refractivity contribution is 5.65. The highest BCUT2D eigenvalue weighted by Crippen LogP contribution is 1.85. The topological polar surface area (TPSA) is 58.4 Å². The van der Waals surface area contributed by atoms with Gasteiger partial charge in [-0.2, -0.15) is 0 Å². The van der Waals surface area contributed by atoms with Gasteiger partial charge in [-0.25, -0.2) is 4.79 Å². The number of unbranched alkanes of at least 4 members (excludes halogenated alkanes) is 1. The maximum Gasteiger partial charge on any atom is 0.464 e. The van der Waals surface area contributed by atoms with Crippen LogP contribution in [0, 0.1) is 4.91 Å². The van der Waals surface area contributed by atoms with E-state index in [9.17, 15) is 9.70 Å². The maximum absolute atomic E-state index is 10.8. The van der Waals surface area contributed by atoms with E-state index in [4.69, 9.17) is 0 Å². The Morgan fingerprint density at radius 1 is 1.50 bits per heavy atom. The lowest BCUT2D eigenvalue weighted by molar-refractivity contribution is -0.595. The summed E-state index contributed by atoms with van der Waals surface area (Å²) in [6.07, 6.45) is 0.989. The zero-order valence-electron chi connectivity index (χ0n) is 7.50. The van der Waals surface area contributed by atoms with Gasteiger partial charge in [-0.05, 0) is 18.8 Å². The molecule has 0 aromatic heterocycles. The Labute approximate surface area is 71.6 Å². The summed E-state index contributed by atoms with van der Waals surface area (Å²) >= 11 is 0. The van der Waals surface area contributed by atoms with Gasteiger partial charge in [-0.15, -0.1) is 0 Å². The third-order valence-corrected chi connectivity index (χ3v) is 1.21. The Morgan fingerprint density at radius 2 is 2.17 bits per heavy atom. The summed E-state index contributed by atoms with van der Waals surface area (Å²) in [5.41, 5.74) is 2.03. The maximum atomic E-state index is 10.8. The standard InChI is InChI=1S/C7H14N2O3/c1-3-5-6-9(11)8-7(10)12-4-2/h3-6H2,1-2H3/p+1. The van der Waals surface area contributed by atoms with Crippen LogP contribution in [0.1, 0.15) is 26.7 Å². The Balaban J connectivity index is 3.47. The van der Waals surface area contributed by atoms with Gasteiger partial charge in [0.15, 0.2) is 0 Å². The van der Waals surface area contributed by atoms with Gasteiger partial charge >= 0.3 is 6.09 Å². The van der Waals surface area contributed by atoms with E-state index in [0.29, 0.717) is 11.4 Å². The van der Waals surface area contributed by atoms with Crippen LogP contribution in [0.3, 0.4) is 0 Å². The Hall–Kier alpha value is -1.13. The summed E-state index contributed by atoms with van der Waals surface area (Å²) in [5, 5.41) is 0. The molecule has 0 saturated carbocycles. The normalized spacial score (nSPS) is 9.17. The molecular weight excluding hydrogens is 160 g/mol. The van der Waals surface area contributed by atoms with Gasteiger partial charge in [-0.1, -0.05) is 6.92 Å². The number of carbonyl (C=O) groups is 1. The summed E-state index contributed by atoms with van der Waals surface area (Å²) in [4.78, 5) is 21.9. The van der Waals surface area contributed by atoms with Gasteiger partial charge in [0.05, 0.1) is 11.5 Å². The average molecular weight is 175 g/mol. The van der Waals surface area contributed by atoms with Crippen LogP contribution in [0.5, 0.6) is 0 Å². The van der Waals surface area contributed by atoms with Crippen LogP contribution in [-0.4, -0.2) is 24.1 Å². The minimum Gasteiger partial charge on any atom is -0.446 e. The van der Waals surface area contributed by atoms with Crippen LogP contribution in [0.15, 0.2) is 0 Å². The molecule has 5 nitrogen and oxygen atoms in total. The fourth-order valence-electron chi connectivity index (χ4n) is 0.623. The number of hydrogen-bond donors (Lipinski definition) is 1. The summed E-state index contributed by atoms with van der Waals surface area (Å²) in [5.74, 6) is 0. The SMILES string of the molecule is CCCC[N+](=O)NC(=O)OCC. The molecule has 0 aliphatic carbocycles. The van der Waals surface area contributed by atoms with Crippen molar-refractivity contribution in [3.05, 3.63) is 4.91 Å². The Bertz CT molecular complexity index is 159. The lowest BCUT2D eigenvalue weighted by Gasteiger charge is -1.96. The molecule has 0 atom stereocenters. The molecule has 1 N–H and O–H groups in total. The first kappa shape index (κ1) is 10.9. The molecule has 0 aromatic carbocycles. The number of nitroso groups, excluding NO2 is 1. The zero-order chi connectivity index (χ0) is 9.40. The molecule has 0 radical (unpaired) electrons. The number of rotatable bonds is 5. The van der Waals surface area contributed by atoms with Crippen molar-refractivity contribution in [1.82, 2.24) is 5.43 Å². The van der Waals surface area contributed by atoms with E-state index in [1.807, 2.05) is 12.3 Å². The van der Waals surface area contributed by atoms with Crippen molar-refractivity contribution in [2.75, 3.05) is 13.2 Å². The predicted octanol–water partition coefficient (Wildman–Crippen LogP) is 1.23. The van der Waals surface area contributed by atoms with Crippen LogP contribution in [0.4, 0.5) is 4.79 Å². The van der Waals surface area contributed by atoms with Crippen molar-refractivity contribution in [3.63, 3.8) is 0 Å². The molecular formula is C7H15N2O3+. The molecule has 0 rings (SSSR count). The fourth-order valence-corrected chi connectivity index (χ4v) is 0.623. The average Bonchev–Trinajstić information content (AvgIpc) is 2.01. The van der Waals surface area contributed by atoms with Crippen molar-refractivity contribution in [2.24, 2.45) is 0 Å². The van der Waals surface area contributed by atoms with E-state index >= 15 is 0 Å². The Morgan fingerprint density at radius 3 is 2.67 bits per heavy atom. The van der Waals surface area contributed by atoms with E-state index < -0.39 is 6.09 Å². The number of amides is 1. The van der Waals surface area contributed by atoms with Crippen molar-refractivity contribution in [3.8, 4) is 0 Å². The second kappa shape index (κ2) is 6.57. The molecule has 5 heteroatoms. The van der Waals surface area contributed by atoms with E-state index in [0.717, 1.165) is 12.8 Å². The molecule has 0 aromatic rings. The Kier molecular flexibility index (Phi) is 5.95. The van der Waals surface area contributed by atoms with E-state index in [2.05, 4.69) is 4.74 Å². The van der Waals surface area contributed by atoms with E-state index in [1.165, 1.54) is 0 Å². The van der Waals surface area contributed by atoms with Crippen LogP contribution in [0.2, 0.25) is 0 Å². The largest absolute Gasteiger partial charge is 0.464 e. The molecule has 0 bridgehead atoms. The van der Waals surface area contributed by atoms with Crippen LogP contribution in [0.25, 0.3) is 0 Å². The summed E-state index contributed by atoms with van der Waals surface area (Å²) < 4.78 is 4.50.